The van der Waals surface area contributed by atoms with E-state index in [4.69, 9.17) is 21.4 Å². The van der Waals surface area contributed by atoms with E-state index in [1.165, 1.54) is 6.42 Å². The molecule has 60 valence electrons. The van der Waals surface area contributed by atoms with Crippen LogP contribution in [0.3, 0.4) is 0 Å². The smallest absolute Gasteiger partial charge is 0.0908 e. The Morgan fingerprint density at radius 2 is 2.30 bits per heavy atom. The molecule has 0 aliphatic heterocycles. The predicted octanol–water partition coefficient (Wildman–Crippen LogP) is 1.16. The van der Waals surface area contributed by atoms with Gasteiger partial charge in [0.15, 0.2) is 0 Å². The number of aliphatic hydroxyl groups is 1. The van der Waals surface area contributed by atoms with E-state index < -0.39 is 6.10 Å². The van der Waals surface area contributed by atoms with Crippen LogP contribution in [0.4, 0.5) is 0 Å². The third-order valence-electron chi connectivity index (χ3n) is 1.75. The van der Waals surface area contributed by atoms with Crippen LogP contribution in [0.25, 0.3) is 0 Å². The normalized spacial score (nSPS) is 22.2. The first-order valence-electron chi connectivity index (χ1n) is 3.68. The molecule has 0 spiro atoms. The second kappa shape index (κ2) is 4.16. The molecule has 2 nitrogen and oxygen atoms in total. The lowest BCUT2D eigenvalue weighted by atomic mass is 9.96. The van der Waals surface area contributed by atoms with Gasteiger partial charge in [0.2, 0.25) is 0 Å². The molecule has 0 radical (unpaired) electrons. The van der Waals surface area contributed by atoms with E-state index in [0.29, 0.717) is 12.7 Å². The first-order chi connectivity index (χ1) is 4.83. The largest absolute Gasteiger partial charge is 0.389 e. The highest BCUT2D eigenvalue weighted by molar-refractivity contribution is 6.18. The van der Waals surface area contributed by atoms with Crippen molar-refractivity contribution in [2.45, 2.75) is 31.5 Å². The van der Waals surface area contributed by atoms with Gasteiger partial charge < -0.3 is 9.84 Å². The molecule has 0 aromatic carbocycles. The Labute approximate surface area is 66.1 Å². The molecule has 0 aromatic rings. The minimum atomic E-state index is -0.484. The molecule has 10 heavy (non-hydrogen) atoms. The number of alkyl halides is 1. The molecule has 0 amide bonds. The number of hydrogen-bond donors (Lipinski definition) is 1. The first-order valence-corrected chi connectivity index (χ1v) is 4.22. The Morgan fingerprint density at radius 3 is 2.70 bits per heavy atom. The minimum Gasteiger partial charge on any atom is -0.389 e. The van der Waals surface area contributed by atoms with Gasteiger partial charge in [-0.1, -0.05) is 0 Å². The molecule has 1 rings (SSSR count). The molecule has 3 heteroatoms. The lowest BCUT2D eigenvalue weighted by molar-refractivity contribution is -0.0359. The fourth-order valence-electron chi connectivity index (χ4n) is 0.829. The standard InChI is InChI=1S/C7H13ClO2/c8-4-6(9)5-10-7-2-1-3-7/h6-7,9H,1-5H2. The molecule has 1 unspecified atom stereocenters. The maximum absolute atomic E-state index is 8.97. The van der Waals surface area contributed by atoms with Crippen molar-refractivity contribution in [3.8, 4) is 0 Å². The zero-order valence-electron chi connectivity index (χ0n) is 5.92. The lowest BCUT2D eigenvalue weighted by Gasteiger charge is -2.26. The third kappa shape index (κ3) is 2.45. The molecule has 1 fully saturated rings. The van der Waals surface area contributed by atoms with Crippen LogP contribution in [-0.2, 0) is 4.74 Å². The maximum Gasteiger partial charge on any atom is 0.0908 e. The molecule has 0 saturated heterocycles. The van der Waals surface area contributed by atoms with Crippen molar-refractivity contribution in [1.29, 1.82) is 0 Å². The van der Waals surface area contributed by atoms with E-state index in [2.05, 4.69) is 0 Å². The quantitative estimate of drug-likeness (QED) is 0.632. The topological polar surface area (TPSA) is 29.5 Å². The first kappa shape index (κ1) is 8.31. The van der Waals surface area contributed by atoms with Crippen molar-refractivity contribution >= 4 is 11.6 Å². The van der Waals surface area contributed by atoms with E-state index in [1.807, 2.05) is 0 Å². The highest BCUT2D eigenvalue weighted by Crippen LogP contribution is 2.21. The molecular weight excluding hydrogens is 152 g/mol. The van der Waals surface area contributed by atoms with Crippen LogP contribution in [-0.4, -0.2) is 29.8 Å². The SMILES string of the molecule is OC(CCl)COC1CCC1. The molecule has 1 aliphatic rings. The lowest BCUT2D eigenvalue weighted by Crippen LogP contribution is -2.27. The number of aliphatic hydroxyl groups excluding tert-OH is 1. The van der Waals surface area contributed by atoms with E-state index in [0.717, 1.165) is 12.8 Å². The van der Waals surface area contributed by atoms with Gasteiger partial charge in [-0.2, -0.15) is 0 Å². The summed E-state index contributed by atoms with van der Waals surface area (Å²) in [4.78, 5) is 0. The van der Waals surface area contributed by atoms with Crippen molar-refractivity contribution in [3.63, 3.8) is 0 Å². The molecule has 0 aromatic heterocycles. The molecular formula is C7H13ClO2. The van der Waals surface area contributed by atoms with Gasteiger partial charge in [0.25, 0.3) is 0 Å². The molecule has 1 saturated carbocycles. The summed E-state index contributed by atoms with van der Waals surface area (Å²) in [6.45, 7) is 0.397. The highest BCUT2D eigenvalue weighted by Gasteiger charge is 2.18. The predicted molar refractivity (Wildman–Crippen MR) is 40.3 cm³/mol. The average molecular weight is 165 g/mol. The van der Waals surface area contributed by atoms with Gasteiger partial charge in [-0.25, -0.2) is 0 Å². The Bertz CT molecular complexity index is 88.9. The summed E-state index contributed by atoms with van der Waals surface area (Å²) < 4.78 is 5.30. The van der Waals surface area contributed by atoms with Crippen LogP contribution < -0.4 is 0 Å². The Morgan fingerprint density at radius 1 is 1.60 bits per heavy atom. The summed E-state index contributed by atoms with van der Waals surface area (Å²) in [5.74, 6) is 0.271. The maximum atomic E-state index is 8.97. The van der Waals surface area contributed by atoms with E-state index >= 15 is 0 Å². The second-order valence-electron chi connectivity index (χ2n) is 2.69. The van der Waals surface area contributed by atoms with Gasteiger partial charge in [-0.05, 0) is 19.3 Å². The van der Waals surface area contributed by atoms with Crippen LogP contribution in [0.2, 0.25) is 0 Å². The van der Waals surface area contributed by atoms with Crippen LogP contribution in [0.15, 0.2) is 0 Å². The summed E-state index contributed by atoms with van der Waals surface area (Å²) >= 11 is 5.37. The van der Waals surface area contributed by atoms with E-state index in [9.17, 15) is 0 Å². The van der Waals surface area contributed by atoms with Crippen molar-refractivity contribution in [3.05, 3.63) is 0 Å². The zero-order chi connectivity index (χ0) is 7.40. The van der Waals surface area contributed by atoms with Gasteiger partial charge in [0, 0.05) is 0 Å². The van der Waals surface area contributed by atoms with Crippen molar-refractivity contribution in [2.75, 3.05) is 12.5 Å². The second-order valence-corrected chi connectivity index (χ2v) is 3.00. The number of rotatable bonds is 4. The van der Waals surface area contributed by atoms with E-state index in [-0.39, 0.29) is 5.88 Å². The third-order valence-corrected chi connectivity index (χ3v) is 2.11. The summed E-state index contributed by atoms with van der Waals surface area (Å²) in [5.41, 5.74) is 0. The Balaban J connectivity index is 1.93. The van der Waals surface area contributed by atoms with Crippen molar-refractivity contribution in [2.24, 2.45) is 0 Å². The molecule has 1 N–H and O–H groups in total. The molecule has 0 heterocycles. The van der Waals surface area contributed by atoms with Gasteiger partial charge in [0.05, 0.1) is 24.7 Å². The monoisotopic (exact) mass is 164 g/mol. The molecule has 1 atom stereocenters. The zero-order valence-corrected chi connectivity index (χ0v) is 6.68. The summed E-state index contributed by atoms with van der Waals surface area (Å²) in [7, 11) is 0. The number of halogens is 1. The van der Waals surface area contributed by atoms with E-state index in [1.54, 1.807) is 0 Å². The van der Waals surface area contributed by atoms with Crippen LogP contribution in [0, 0.1) is 0 Å². The Kier molecular flexibility index (Phi) is 3.46. The fraction of sp³-hybridized carbons (Fsp3) is 1.00. The summed E-state index contributed by atoms with van der Waals surface area (Å²) in [6.07, 6.45) is 3.48. The van der Waals surface area contributed by atoms with Gasteiger partial charge in [-0.15, -0.1) is 11.6 Å². The van der Waals surface area contributed by atoms with Crippen LogP contribution in [0.5, 0.6) is 0 Å². The fourth-order valence-corrected chi connectivity index (χ4v) is 0.918. The van der Waals surface area contributed by atoms with Crippen LogP contribution >= 0.6 is 11.6 Å². The molecule has 1 aliphatic carbocycles. The summed E-state index contributed by atoms with van der Waals surface area (Å²) in [5, 5.41) is 8.97. The summed E-state index contributed by atoms with van der Waals surface area (Å²) in [6, 6.07) is 0. The van der Waals surface area contributed by atoms with Crippen LogP contribution in [0.1, 0.15) is 19.3 Å². The van der Waals surface area contributed by atoms with Crippen molar-refractivity contribution in [1.82, 2.24) is 0 Å². The highest BCUT2D eigenvalue weighted by atomic mass is 35.5. The molecule has 0 bridgehead atoms. The van der Waals surface area contributed by atoms with Gasteiger partial charge in [0.1, 0.15) is 0 Å². The van der Waals surface area contributed by atoms with Gasteiger partial charge >= 0.3 is 0 Å². The van der Waals surface area contributed by atoms with Crippen molar-refractivity contribution < 1.29 is 9.84 Å². The minimum absolute atomic E-state index is 0.271. The van der Waals surface area contributed by atoms with Gasteiger partial charge in [-0.3, -0.25) is 0 Å². The Hall–Kier alpha value is 0.210. The average Bonchev–Trinajstić information content (AvgIpc) is 1.84. The number of hydrogen-bond acceptors (Lipinski definition) is 2. The number of ether oxygens (including phenoxy) is 1.